The number of aromatic nitrogens is 2. The van der Waals surface area contributed by atoms with Crippen molar-refractivity contribution in [1.82, 2.24) is 4.98 Å². The number of hydrogen-bond acceptors (Lipinski definition) is 2. The maximum absolute atomic E-state index is 9.26. The van der Waals surface area contributed by atoms with Crippen LogP contribution in [0.25, 0.3) is 10.9 Å². The van der Waals surface area contributed by atoms with E-state index in [2.05, 4.69) is 4.98 Å². The van der Waals surface area contributed by atoms with Crippen LogP contribution < -0.4 is 4.73 Å². The topological polar surface area (TPSA) is 37.0 Å². The van der Waals surface area contributed by atoms with Crippen molar-refractivity contribution in [2.45, 2.75) is 0 Å². The maximum Gasteiger partial charge on any atom is 0.267 e. The van der Waals surface area contributed by atoms with Gasteiger partial charge >= 0.3 is 0 Å². The summed E-state index contributed by atoms with van der Waals surface area (Å²) in [7, 11) is 0. The van der Waals surface area contributed by atoms with E-state index in [0.717, 1.165) is 15.6 Å². The zero-order chi connectivity index (χ0) is 7.68. The Hall–Kier alpha value is -1.64. The summed E-state index contributed by atoms with van der Waals surface area (Å²) in [5.74, 6) is 0. The molecule has 0 aromatic carbocycles. The Morgan fingerprint density at radius 2 is 2.27 bits per heavy atom. The van der Waals surface area contributed by atoms with Crippen LogP contribution >= 0.6 is 0 Å². The van der Waals surface area contributed by atoms with E-state index in [1.807, 2.05) is 6.07 Å². The summed E-state index contributed by atoms with van der Waals surface area (Å²) >= 11 is 0. The first kappa shape index (κ1) is 6.09. The third-order valence-electron chi connectivity index (χ3n) is 1.58. The van der Waals surface area contributed by atoms with Crippen molar-refractivity contribution in [3.63, 3.8) is 0 Å². The maximum atomic E-state index is 9.26. The molecule has 3 heteroatoms. The molecule has 0 bridgehead atoms. The smallest absolute Gasteiger partial charge is 0.267 e. The highest BCUT2D eigenvalue weighted by atomic mass is 16.5. The van der Waals surface area contributed by atoms with Gasteiger partial charge in [0.25, 0.3) is 5.52 Å². The van der Waals surface area contributed by atoms with Crippen LogP contribution in [0.2, 0.25) is 0 Å². The first-order chi connectivity index (χ1) is 5.38. The molecule has 2 heterocycles. The zero-order valence-corrected chi connectivity index (χ0v) is 5.81. The minimum atomic E-state index is 0.766. The SMILES string of the molecule is O[n+]1cccc2cnccc21. The monoisotopic (exact) mass is 147 g/mol. The van der Waals surface area contributed by atoms with Gasteiger partial charge in [0, 0.05) is 29.3 Å². The molecule has 0 aliphatic rings. The van der Waals surface area contributed by atoms with Gasteiger partial charge in [0.1, 0.15) is 0 Å². The molecular formula is C8H7N2O+. The Bertz CT molecular complexity index is 381. The lowest BCUT2D eigenvalue weighted by Crippen LogP contribution is -2.29. The lowest BCUT2D eigenvalue weighted by atomic mass is 10.3. The Balaban J connectivity index is 2.91. The molecule has 0 spiro atoms. The Labute approximate surface area is 63.5 Å². The minimum Gasteiger partial charge on any atom is -0.285 e. The summed E-state index contributed by atoms with van der Waals surface area (Å²) in [5.41, 5.74) is 0.766. The fourth-order valence-electron chi connectivity index (χ4n) is 1.04. The predicted octanol–water partition coefficient (Wildman–Crippen LogP) is 0.760. The molecule has 0 saturated heterocycles. The van der Waals surface area contributed by atoms with Crippen molar-refractivity contribution in [2.24, 2.45) is 0 Å². The Morgan fingerprint density at radius 3 is 3.09 bits per heavy atom. The first-order valence-corrected chi connectivity index (χ1v) is 3.31. The molecule has 2 aromatic heterocycles. The molecule has 11 heavy (non-hydrogen) atoms. The average Bonchev–Trinajstić information content (AvgIpc) is 2.06. The first-order valence-electron chi connectivity index (χ1n) is 3.31. The van der Waals surface area contributed by atoms with E-state index in [1.165, 1.54) is 0 Å². The molecule has 3 nitrogen and oxygen atoms in total. The summed E-state index contributed by atoms with van der Waals surface area (Å²) in [5, 5.41) is 10.2. The highest BCUT2D eigenvalue weighted by Crippen LogP contribution is 2.04. The Morgan fingerprint density at radius 1 is 1.36 bits per heavy atom. The summed E-state index contributed by atoms with van der Waals surface area (Å²) in [6.07, 6.45) is 4.94. The van der Waals surface area contributed by atoms with Gasteiger partial charge in [0.2, 0.25) is 6.20 Å². The number of fused-ring (bicyclic) bond motifs is 1. The van der Waals surface area contributed by atoms with Gasteiger partial charge in [-0.1, -0.05) is 0 Å². The molecule has 0 aliphatic heterocycles. The fourth-order valence-corrected chi connectivity index (χ4v) is 1.04. The standard InChI is InChI=1S/C8H7N2O/c11-10-5-1-2-7-6-9-4-3-8(7)10/h1-6,11H/q+1. The van der Waals surface area contributed by atoms with Crippen molar-refractivity contribution in [1.29, 1.82) is 0 Å². The van der Waals surface area contributed by atoms with Gasteiger partial charge in [-0.15, -0.1) is 0 Å². The van der Waals surface area contributed by atoms with Gasteiger partial charge in [0.15, 0.2) is 0 Å². The molecule has 2 rings (SSSR count). The molecule has 0 fully saturated rings. The van der Waals surface area contributed by atoms with Gasteiger partial charge in [-0.05, 0) is 6.07 Å². The number of hydrogen-bond donors (Lipinski definition) is 1. The second-order valence-corrected chi connectivity index (χ2v) is 2.29. The molecule has 1 N–H and O–H groups in total. The van der Waals surface area contributed by atoms with Crippen LogP contribution in [0, 0.1) is 0 Å². The average molecular weight is 147 g/mol. The van der Waals surface area contributed by atoms with Crippen molar-refractivity contribution >= 4 is 10.9 Å². The normalized spacial score (nSPS) is 10.2. The van der Waals surface area contributed by atoms with Crippen LogP contribution in [-0.4, -0.2) is 10.2 Å². The van der Waals surface area contributed by atoms with E-state index in [9.17, 15) is 5.21 Å². The molecule has 0 aliphatic carbocycles. The summed E-state index contributed by atoms with van der Waals surface area (Å²) in [6, 6.07) is 5.42. The lowest BCUT2D eigenvalue weighted by Gasteiger charge is -1.89. The molecule has 0 saturated carbocycles. The van der Waals surface area contributed by atoms with Crippen molar-refractivity contribution < 1.29 is 9.94 Å². The quantitative estimate of drug-likeness (QED) is 0.441. The largest absolute Gasteiger partial charge is 0.285 e. The van der Waals surface area contributed by atoms with Crippen LogP contribution in [0.3, 0.4) is 0 Å². The number of rotatable bonds is 0. The van der Waals surface area contributed by atoms with Crippen molar-refractivity contribution in [3.05, 3.63) is 36.8 Å². The third-order valence-corrected chi connectivity index (χ3v) is 1.58. The van der Waals surface area contributed by atoms with E-state index < -0.39 is 0 Å². The van der Waals surface area contributed by atoms with Crippen LogP contribution in [0.5, 0.6) is 0 Å². The van der Waals surface area contributed by atoms with Gasteiger partial charge in [-0.3, -0.25) is 10.2 Å². The van der Waals surface area contributed by atoms with Crippen LogP contribution in [0.4, 0.5) is 0 Å². The number of nitrogens with zero attached hydrogens (tertiary/aromatic N) is 2. The third kappa shape index (κ3) is 0.902. The van der Waals surface area contributed by atoms with Crippen molar-refractivity contribution in [2.75, 3.05) is 0 Å². The minimum absolute atomic E-state index is 0.766. The summed E-state index contributed by atoms with van der Waals surface area (Å²) < 4.78 is 1.08. The van der Waals surface area contributed by atoms with E-state index >= 15 is 0 Å². The summed E-state index contributed by atoms with van der Waals surface area (Å²) in [4.78, 5) is 3.93. The van der Waals surface area contributed by atoms with Gasteiger partial charge < -0.3 is 0 Å². The molecule has 0 unspecified atom stereocenters. The van der Waals surface area contributed by atoms with Crippen LogP contribution in [-0.2, 0) is 0 Å². The van der Waals surface area contributed by atoms with Crippen LogP contribution in [0.15, 0.2) is 36.8 Å². The molecule has 0 amide bonds. The Kier molecular flexibility index (Phi) is 1.22. The molecule has 0 radical (unpaired) electrons. The molecule has 2 aromatic rings. The predicted molar refractivity (Wildman–Crippen MR) is 39.1 cm³/mol. The van der Waals surface area contributed by atoms with E-state index in [1.54, 1.807) is 30.7 Å². The molecule has 54 valence electrons. The molecular weight excluding hydrogens is 140 g/mol. The molecule has 0 atom stereocenters. The zero-order valence-electron chi connectivity index (χ0n) is 5.81. The summed E-state index contributed by atoms with van der Waals surface area (Å²) in [6.45, 7) is 0. The second kappa shape index (κ2) is 2.20. The lowest BCUT2D eigenvalue weighted by molar-refractivity contribution is -0.884. The van der Waals surface area contributed by atoms with Gasteiger partial charge in [0.05, 0.1) is 5.39 Å². The van der Waals surface area contributed by atoms with E-state index in [0.29, 0.717) is 0 Å². The highest BCUT2D eigenvalue weighted by Gasteiger charge is 2.03. The highest BCUT2D eigenvalue weighted by molar-refractivity contribution is 5.73. The fraction of sp³-hybridized carbons (Fsp3) is 0. The van der Waals surface area contributed by atoms with E-state index in [-0.39, 0.29) is 0 Å². The van der Waals surface area contributed by atoms with Gasteiger partial charge in [-0.2, -0.15) is 0 Å². The van der Waals surface area contributed by atoms with Gasteiger partial charge in [-0.25, -0.2) is 0 Å². The second-order valence-electron chi connectivity index (χ2n) is 2.29. The van der Waals surface area contributed by atoms with Crippen LogP contribution in [0.1, 0.15) is 0 Å². The van der Waals surface area contributed by atoms with E-state index in [4.69, 9.17) is 0 Å². The number of pyridine rings is 2. The van der Waals surface area contributed by atoms with Crippen molar-refractivity contribution in [3.8, 4) is 0 Å².